The fourth-order valence-corrected chi connectivity index (χ4v) is 3.45. The van der Waals surface area contributed by atoms with E-state index in [9.17, 15) is 0 Å². The summed E-state index contributed by atoms with van der Waals surface area (Å²) >= 11 is 0. The van der Waals surface area contributed by atoms with Crippen molar-refractivity contribution in [2.24, 2.45) is 5.92 Å². The van der Waals surface area contributed by atoms with Crippen LogP contribution in [0.25, 0.3) is 0 Å². The Morgan fingerprint density at radius 2 is 1.52 bits per heavy atom. The molecule has 0 spiro atoms. The molecular formula is C17H35N3O. The van der Waals surface area contributed by atoms with Crippen molar-refractivity contribution in [1.82, 2.24) is 14.7 Å². The summed E-state index contributed by atoms with van der Waals surface area (Å²) in [7, 11) is 0. The molecule has 2 saturated heterocycles. The zero-order chi connectivity index (χ0) is 15.1. The largest absolute Gasteiger partial charge is 0.377 e. The molecule has 0 aliphatic carbocycles. The Morgan fingerprint density at radius 1 is 0.905 bits per heavy atom. The first-order chi connectivity index (χ1) is 10.2. The fraction of sp³-hybridized carbons (Fsp3) is 1.00. The Labute approximate surface area is 131 Å². The van der Waals surface area contributed by atoms with Crippen LogP contribution in [0.5, 0.6) is 0 Å². The number of nitrogens with zero attached hydrogens (tertiary/aromatic N) is 3. The van der Waals surface area contributed by atoms with Gasteiger partial charge in [0.05, 0.1) is 12.7 Å². The zero-order valence-corrected chi connectivity index (χ0v) is 14.4. The molecule has 0 saturated carbocycles. The summed E-state index contributed by atoms with van der Waals surface area (Å²) in [6.07, 6.45) is 2.95. The zero-order valence-electron chi connectivity index (χ0n) is 14.4. The van der Waals surface area contributed by atoms with Gasteiger partial charge < -0.3 is 14.5 Å². The van der Waals surface area contributed by atoms with Crippen LogP contribution in [0.3, 0.4) is 0 Å². The van der Waals surface area contributed by atoms with E-state index in [1.807, 2.05) is 0 Å². The van der Waals surface area contributed by atoms with Gasteiger partial charge in [0.25, 0.3) is 0 Å². The van der Waals surface area contributed by atoms with Crippen LogP contribution >= 0.6 is 0 Å². The first-order valence-corrected chi connectivity index (χ1v) is 8.96. The number of ether oxygens (including phenoxy) is 1. The van der Waals surface area contributed by atoms with Crippen molar-refractivity contribution in [3.05, 3.63) is 0 Å². The Balaban J connectivity index is 1.52. The highest BCUT2D eigenvalue weighted by Crippen LogP contribution is 2.13. The Kier molecular flexibility index (Phi) is 7.44. The van der Waals surface area contributed by atoms with Gasteiger partial charge in [0.2, 0.25) is 0 Å². The van der Waals surface area contributed by atoms with Crippen molar-refractivity contribution in [2.45, 2.75) is 39.7 Å². The smallest absolute Gasteiger partial charge is 0.0600 e. The van der Waals surface area contributed by atoms with Gasteiger partial charge >= 0.3 is 0 Å². The lowest BCUT2D eigenvalue weighted by Gasteiger charge is -2.36. The molecule has 2 heterocycles. The predicted octanol–water partition coefficient (Wildman–Crippen LogP) is 1.76. The van der Waals surface area contributed by atoms with E-state index in [0.717, 1.165) is 19.1 Å². The first kappa shape index (κ1) is 17.2. The highest BCUT2D eigenvalue weighted by atomic mass is 16.5. The molecule has 0 atom stereocenters. The van der Waals surface area contributed by atoms with E-state index in [0.29, 0.717) is 6.10 Å². The van der Waals surface area contributed by atoms with Crippen LogP contribution in [-0.4, -0.2) is 86.3 Å². The molecule has 0 aromatic carbocycles. The molecule has 0 aromatic heterocycles. The lowest BCUT2D eigenvalue weighted by atomic mass is 10.1. The minimum Gasteiger partial charge on any atom is -0.377 e. The van der Waals surface area contributed by atoms with Crippen LogP contribution in [0.1, 0.15) is 33.6 Å². The summed E-state index contributed by atoms with van der Waals surface area (Å²) in [5.74, 6) is 0.786. The minimum absolute atomic E-state index is 0.509. The summed E-state index contributed by atoms with van der Waals surface area (Å²) in [6, 6.07) is 0. The van der Waals surface area contributed by atoms with Gasteiger partial charge in [-0.15, -0.1) is 0 Å². The number of likely N-dealkylation sites (tertiary alicyclic amines) is 1. The van der Waals surface area contributed by atoms with Crippen molar-refractivity contribution in [1.29, 1.82) is 0 Å². The third-order valence-electron chi connectivity index (χ3n) is 4.83. The van der Waals surface area contributed by atoms with Gasteiger partial charge in [0.15, 0.2) is 0 Å². The molecule has 2 fully saturated rings. The monoisotopic (exact) mass is 297 g/mol. The number of piperazine rings is 1. The quantitative estimate of drug-likeness (QED) is 0.713. The number of rotatable bonds is 7. The van der Waals surface area contributed by atoms with E-state index in [-0.39, 0.29) is 0 Å². The number of piperidine rings is 1. The van der Waals surface area contributed by atoms with E-state index in [1.54, 1.807) is 0 Å². The lowest BCUT2D eigenvalue weighted by Crippen LogP contribution is -2.48. The maximum atomic E-state index is 6.09. The van der Waals surface area contributed by atoms with E-state index in [4.69, 9.17) is 4.74 Å². The Morgan fingerprint density at radius 3 is 2.10 bits per heavy atom. The van der Waals surface area contributed by atoms with Crippen LogP contribution in [0, 0.1) is 5.92 Å². The Hall–Kier alpha value is -0.160. The average molecular weight is 297 g/mol. The van der Waals surface area contributed by atoms with Gasteiger partial charge in [0.1, 0.15) is 0 Å². The minimum atomic E-state index is 0.509. The maximum absolute atomic E-state index is 6.09. The summed E-state index contributed by atoms with van der Waals surface area (Å²) in [5.41, 5.74) is 0. The van der Waals surface area contributed by atoms with Crippen molar-refractivity contribution >= 4 is 0 Å². The normalized spacial score (nSPS) is 24.0. The SMILES string of the molecule is CCN1CCC(OCCN2CCN(CC(C)C)CC2)CC1. The van der Waals surface area contributed by atoms with Crippen LogP contribution in [-0.2, 0) is 4.74 Å². The van der Waals surface area contributed by atoms with E-state index in [2.05, 4.69) is 35.5 Å². The lowest BCUT2D eigenvalue weighted by molar-refractivity contribution is -0.00592. The van der Waals surface area contributed by atoms with Crippen LogP contribution in [0.15, 0.2) is 0 Å². The van der Waals surface area contributed by atoms with Crippen molar-refractivity contribution in [2.75, 3.05) is 65.5 Å². The molecule has 0 unspecified atom stereocenters. The molecule has 4 heteroatoms. The van der Waals surface area contributed by atoms with E-state index < -0.39 is 0 Å². The maximum Gasteiger partial charge on any atom is 0.0600 e. The molecule has 2 aliphatic rings. The molecule has 124 valence electrons. The first-order valence-electron chi connectivity index (χ1n) is 8.96. The predicted molar refractivity (Wildman–Crippen MR) is 88.8 cm³/mol. The van der Waals surface area contributed by atoms with Gasteiger partial charge in [-0.3, -0.25) is 4.90 Å². The van der Waals surface area contributed by atoms with Gasteiger partial charge in [-0.1, -0.05) is 20.8 Å². The molecule has 0 radical (unpaired) electrons. The second-order valence-corrected chi connectivity index (χ2v) is 7.04. The molecular weight excluding hydrogens is 262 g/mol. The standard InChI is InChI=1S/C17H35N3O/c1-4-18-7-5-17(6-8-18)21-14-13-19-9-11-20(12-10-19)15-16(2)3/h16-17H,4-15H2,1-3H3. The van der Waals surface area contributed by atoms with Crippen molar-refractivity contribution in [3.8, 4) is 0 Å². The molecule has 4 nitrogen and oxygen atoms in total. The van der Waals surface area contributed by atoms with Gasteiger partial charge in [-0.05, 0) is 25.3 Å². The molecule has 2 aliphatic heterocycles. The summed E-state index contributed by atoms with van der Waals surface area (Å²) < 4.78 is 6.09. The molecule has 0 bridgehead atoms. The van der Waals surface area contributed by atoms with E-state index in [1.165, 1.54) is 65.2 Å². The topological polar surface area (TPSA) is 19.0 Å². The average Bonchev–Trinajstić information content (AvgIpc) is 2.49. The molecule has 0 N–H and O–H groups in total. The summed E-state index contributed by atoms with van der Waals surface area (Å²) in [5, 5.41) is 0. The highest BCUT2D eigenvalue weighted by molar-refractivity contribution is 4.74. The third kappa shape index (κ3) is 6.23. The van der Waals surface area contributed by atoms with Gasteiger partial charge in [-0.2, -0.15) is 0 Å². The number of hydrogen-bond acceptors (Lipinski definition) is 4. The van der Waals surface area contributed by atoms with Crippen LogP contribution < -0.4 is 0 Å². The van der Waals surface area contributed by atoms with Gasteiger partial charge in [-0.25, -0.2) is 0 Å². The second kappa shape index (κ2) is 9.09. The number of hydrogen-bond donors (Lipinski definition) is 0. The molecule has 21 heavy (non-hydrogen) atoms. The summed E-state index contributed by atoms with van der Waals surface area (Å²) in [6.45, 7) is 18.7. The molecule has 0 aromatic rings. The van der Waals surface area contributed by atoms with Gasteiger partial charge in [0, 0.05) is 52.4 Å². The van der Waals surface area contributed by atoms with Crippen LogP contribution in [0.2, 0.25) is 0 Å². The van der Waals surface area contributed by atoms with Crippen molar-refractivity contribution in [3.63, 3.8) is 0 Å². The Bertz CT molecular complexity index is 269. The third-order valence-corrected chi connectivity index (χ3v) is 4.83. The van der Waals surface area contributed by atoms with Crippen LogP contribution in [0.4, 0.5) is 0 Å². The molecule has 0 amide bonds. The fourth-order valence-electron chi connectivity index (χ4n) is 3.45. The summed E-state index contributed by atoms with van der Waals surface area (Å²) in [4.78, 5) is 7.69. The second-order valence-electron chi connectivity index (χ2n) is 7.04. The molecule has 2 rings (SSSR count). The highest BCUT2D eigenvalue weighted by Gasteiger charge is 2.20. The van der Waals surface area contributed by atoms with E-state index >= 15 is 0 Å². The van der Waals surface area contributed by atoms with Crippen molar-refractivity contribution < 1.29 is 4.74 Å².